The standard InChI is InChI=1S/C6H10N2O/c7-4-3-6(8)9-5-1-2-5/h3-5,8H,1-2,7H2/b4-3-,8-6?. The second-order valence-corrected chi connectivity index (χ2v) is 2.04. The Morgan fingerprint density at radius 3 is 2.78 bits per heavy atom. The van der Waals surface area contributed by atoms with Gasteiger partial charge < -0.3 is 10.5 Å². The smallest absolute Gasteiger partial charge is 0.207 e. The first-order valence-corrected chi connectivity index (χ1v) is 2.96. The van der Waals surface area contributed by atoms with Crippen molar-refractivity contribution in [2.45, 2.75) is 18.9 Å². The van der Waals surface area contributed by atoms with Crippen molar-refractivity contribution in [2.75, 3.05) is 0 Å². The van der Waals surface area contributed by atoms with Crippen LogP contribution in [0.3, 0.4) is 0 Å². The molecule has 0 spiro atoms. The number of ether oxygens (including phenoxy) is 1. The average molecular weight is 126 g/mol. The quantitative estimate of drug-likeness (QED) is 0.421. The minimum atomic E-state index is 0.167. The summed E-state index contributed by atoms with van der Waals surface area (Å²) in [5.41, 5.74) is 5.02. The van der Waals surface area contributed by atoms with E-state index in [1.165, 1.54) is 12.3 Å². The number of nitrogens with one attached hydrogen (secondary N) is 1. The largest absolute Gasteiger partial charge is 0.475 e. The SMILES string of the molecule is N=C(/C=C\N)OC1CC1. The van der Waals surface area contributed by atoms with Crippen LogP contribution in [0, 0.1) is 5.41 Å². The molecule has 0 heterocycles. The van der Waals surface area contributed by atoms with Crippen LogP contribution in [0.15, 0.2) is 12.3 Å². The van der Waals surface area contributed by atoms with E-state index in [0.29, 0.717) is 6.10 Å². The predicted molar refractivity (Wildman–Crippen MR) is 35.2 cm³/mol. The number of rotatable bonds is 2. The van der Waals surface area contributed by atoms with Crippen molar-refractivity contribution >= 4 is 5.90 Å². The first kappa shape index (κ1) is 6.13. The lowest BCUT2D eigenvalue weighted by atomic mass is 10.6. The second-order valence-electron chi connectivity index (χ2n) is 2.04. The lowest BCUT2D eigenvalue weighted by molar-refractivity contribution is 0.289. The minimum absolute atomic E-state index is 0.167. The zero-order chi connectivity index (χ0) is 6.69. The summed E-state index contributed by atoms with van der Waals surface area (Å²) in [6.45, 7) is 0. The van der Waals surface area contributed by atoms with Gasteiger partial charge in [-0.2, -0.15) is 0 Å². The molecule has 9 heavy (non-hydrogen) atoms. The predicted octanol–water partition coefficient (Wildman–Crippen LogP) is 0.615. The molecular weight excluding hydrogens is 116 g/mol. The molecule has 0 aromatic carbocycles. The Balaban J connectivity index is 2.17. The van der Waals surface area contributed by atoms with Crippen LogP contribution < -0.4 is 5.73 Å². The Bertz CT molecular complexity index is 138. The molecule has 50 valence electrons. The van der Waals surface area contributed by atoms with Gasteiger partial charge in [0.15, 0.2) is 0 Å². The number of nitrogens with two attached hydrogens (primary N) is 1. The highest BCUT2D eigenvalue weighted by atomic mass is 16.5. The first-order valence-electron chi connectivity index (χ1n) is 2.96. The van der Waals surface area contributed by atoms with Gasteiger partial charge >= 0.3 is 0 Å². The molecule has 0 aliphatic heterocycles. The van der Waals surface area contributed by atoms with Gasteiger partial charge in [0.1, 0.15) is 6.10 Å². The van der Waals surface area contributed by atoms with Gasteiger partial charge in [-0.05, 0) is 19.0 Å². The fourth-order valence-electron chi connectivity index (χ4n) is 0.492. The van der Waals surface area contributed by atoms with E-state index in [-0.39, 0.29) is 5.90 Å². The van der Waals surface area contributed by atoms with E-state index >= 15 is 0 Å². The molecule has 0 aromatic heterocycles. The molecule has 0 saturated heterocycles. The average Bonchev–Trinajstić information content (AvgIpc) is 2.50. The summed E-state index contributed by atoms with van der Waals surface area (Å²) >= 11 is 0. The monoisotopic (exact) mass is 126 g/mol. The van der Waals surface area contributed by atoms with Crippen molar-refractivity contribution in [1.29, 1.82) is 5.41 Å². The molecule has 1 fully saturated rings. The van der Waals surface area contributed by atoms with Crippen LogP contribution >= 0.6 is 0 Å². The van der Waals surface area contributed by atoms with Crippen LogP contribution in [-0.4, -0.2) is 12.0 Å². The molecule has 1 saturated carbocycles. The summed E-state index contributed by atoms with van der Waals surface area (Å²) in [5.74, 6) is 0.167. The van der Waals surface area contributed by atoms with E-state index in [4.69, 9.17) is 15.9 Å². The maximum absolute atomic E-state index is 7.07. The maximum Gasteiger partial charge on any atom is 0.207 e. The number of hydrogen-bond acceptors (Lipinski definition) is 3. The third-order valence-corrected chi connectivity index (χ3v) is 1.07. The van der Waals surface area contributed by atoms with Gasteiger partial charge in [-0.15, -0.1) is 0 Å². The van der Waals surface area contributed by atoms with Crippen LogP contribution in [0.2, 0.25) is 0 Å². The second kappa shape index (κ2) is 2.53. The topological polar surface area (TPSA) is 59.1 Å². The van der Waals surface area contributed by atoms with Crippen LogP contribution in [0.25, 0.3) is 0 Å². The molecule has 1 aliphatic carbocycles. The highest BCUT2D eigenvalue weighted by molar-refractivity contribution is 5.84. The Labute approximate surface area is 54.0 Å². The summed E-state index contributed by atoms with van der Waals surface area (Å²) in [7, 11) is 0. The van der Waals surface area contributed by atoms with E-state index in [9.17, 15) is 0 Å². The molecule has 3 nitrogen and oxygen atoms in total. The summed E-state index contributed by atoms with van der Waals surface area (Å²) < 4.78 is 5.02. The van der Waals surface area contributed by atoms with E-state index in [2.05, 4.69) is 0 Å². The molecule has 0 atom stereocenters. The van der Waals surface area contributed by atoms with Crippen LogP contribution in [0.5, 0.6) is 0 Å². The Morgan fingerprint density at radius 1 is 1.67 bits per heavy atom. The zero-order valence-corrected chi connectivity index (χ0v) is 5.13. The molecule has 0 aromatic rings. The van der Waals surface area contributed by atoms with Crippen LogP contribution in [0.4, 0.5) is 0 Å². The fourth-order valence-corrected chi connectivity index (χ4v) is 0.492. The Hall–Kier alpha value is -0.990. The van der Waals surface area contributed by atoms with E-state index in [1.807, 2.05) is 0 Å². The van der Waals surface area contributed by atoms with Gasteiger partial charge in [-0.3, -0.25) is 5.41 Å². The molecule has 0 radical (unpaired) electrons. The maximum atomic E-state index is 7.07. The number of hydrogen-bond donors (Lipinski definition) is 2. The van der Waals surface area contributed by atoms with Crippen LogP contribution in [0.1, 0.15) is 12.8 Å². The Kier molecular flexibility index (Phi) is 1.72. The summed E-state index contributed by atoms with van der Waals surface area (Å²) in [4.78, 5) is 0. The molecule has 1 aliphatic rings. The van der Waals surface area contributed by atoms with Crippen molar-refractivity contribution in [3.8, 4) is 0 Å². The first-order chi connectivity index (χ1) is 4.33. The highest BCUT2D eigenvalue weighted by Gasteiger charge is 2.23. The summed E-state index contributed by atoms with van der Waals surface area (Å²) in [5, 5.41) is 7.07. The normalized spacial score (nSPS) is 18.2. The molecule has 0 amide bonds. The summed E-state index contributed by atoms with van der Waals surface area (Å²) in [6.07, 6.45) is 5.22. The molecule has 3 N–H and O–H groups in total. The van der Waals surface area contributed by atoms with E-state index < -0.39 is 0 Å². The van der Waals surface area contributed by atoms with Crippen molar-refractivity contribution in [3.05, 3.63) is 12.3 Å². The van der Waals surface area contributed by atoms with Crippen molar-refractivity contribution in [2.24, 2.45) is 5.73 Å². The van der Waals surface area contributed by atoms with Crippen molar-refractivity contribution in [1.82, 2.24) is 0 Å². The fraction of sp³-hybridized carbons (Fsp3) is 0.500. The molecule has 0 unspecified atom stereocenters. The van der Waals surface area contributed by atoms with Gasteiger partial charge in [-0.25, -0.2) is 0 Å². The third kappa shape index (κ3) is 2.17. The lowest BCUT2D eigenvalue weighted by Gasteiger charge is -1.97. The van der Waals surface area contributed by atoms with Gasteiger partial charge in [0, 0.05) is 6.08 Å². The van der Waals surface area contributed by atoms with Crippen molar-refractivity contribution < 1.29 is 4.74 Å². The third-order valence-electron chi connectivity index (χ3n) is 1.07. The molecular formula is C6H10N2O. The van der Waals surface area contributed by atoms with E-state index in [1.54, 1.807) is 0 Å². The van der Waals surface area contributed by atoms with Gasteiger partial charge in [0.05, 0.1) is 0 Å². The van der Waals surface area contributed by atoms with Gasteiger partial charge in [0.2, 0.25) is 5.90 Å². The van der Waals surface area contributed by atoms with E-state index in [0.717, 1.165) is 12.8 Å². The highest BCUT2D eigenvalue weighted by Crippen LogP contribution is 2.23. The minimum Gasteiger partial charge on any atom is -0.475 e. The summed E-state index contributed by atoms with van der Waals surface area (Å²) in [6, 6.07) is 0. The lowest BCUT2D eigenvalue weighted by Crippen LogP contribution is -2.01. The Morgan fingerprint density at radius 2 is 2.33 bits per heavy atom. The molecule has 0 bridgehead atoms. The molecule has 1 rings (SSSR count). The van der Waals surface area contributed by atoms with Crippen LogP contribution in [-0.2, 0) is 4.74 Å². The zero-order valence-electron chi connectivity index (χ0n) is 5.13. The molecule has 3 heteroatoms. The van der Waals surface area contributed by atoms with Gasteiger partial charge in [0.25, 0.3) is 0 Å². The van der Waals surface area contributed by atoms with Crippen molar-refractivity contribution in [3.63, 3.8) is 0 Å². The van der Waals surface area contributed by atoms with Gasteiger partial charge in [-0.1, -0.05) is 0 Å².